The lowest BCUT2D eigenvalue weighted by molar-refractivity contribution is -0.200. The van der Waals surface area contributed by atoms with Crippen molar-refractivity contribution in [2.24, 2.45) is 5.92 Å². The van der Waals surface area contributed by atoms with Crippen LogP contribution in [-0.2, 0) is 14.2 Å². The molecule has 1 aliphatic heterocycles. The van der Waals surface area contributed by atoms with E-state index in [9.17, 15) is 0 Å². The Hall–Kier alpha value is 0.580. The number of hydrogen-bond acceptors (Lipinski definition) is 3. The van der Waals surface area contributed by atoms with Gasteiger partial charge in [0.25, 0.3) is 0 Å². The standard InChI is InChI=1S/C13H22Br2O3/c1-6-13(7-10(14)15)9(4)11(16-5)12(18-13)17-8(2)3/h7-9,11-12H,6H2,1-5H3/t9-,11+,12?,13?/m1/s1. The largest absolute Gasteiger partial charge is 0.376 e. The monoisotopic (exact) mass is 384 g/mol. The molecule has 1 fully saturated rings. The molecule has 0 spiro atoms. The lowest BCUT2D eigenvalue weighted by Gasteiger charge is -2.28. The second-order valence-electron chi connectivity index (χ2n) is 4.90. The molecule has 18 heavy (non-hydrogen) atoms. The first-order chi connectivity index (χ1) is 8.36. The molecule has 106 valence electrons. The first-order valence-electron chi connectivity index (χ1n) is 6.26. The van der Waals surface area contributed by atoms with Crippen molar-refractivity contribution in [3.8, 4) is 0 Å². The molecule has 0 N–H and O–H groups in total. The van der Waals surface area contributed by atoms with Crippen LogP contribution in [0.2, 0.25) is 0 Å². The molecular weight excluding hydrogens is 364 g/mol. The van der Waals surface area contributed by atoms with E-state index in [-0.39, 0.29) is 30.0 Å². The molecule has 2 unspecified atom stereocenters. The second kappa shape index (κ2) is 6.84. The zero-order valence-electron chi connectivity index (χ0n) is 11.6. The van der Waals surface area contributed by atoms with Crippen LogP contribution < -0.4 is 0 Å². The summed E-state index contributed by atoms with van der Waals surface area (Å²) in [6.07, 6.45) is 2.66. The highest BCUT2D eigenvalue weighted by atomic mass is 79.9. The Morgan fingerprint density at radius 2 is 2.06 bits per heavy atom. The van der Waals surface area contributed by atoms with Crippen LogP contribution in [0.25, 0.3) is 0 Å². The summed E-state index contributed by atoms with van der Waals surface area (Å²) in [6.45, 7) is 8.26. The summed E-state index contributed by atoms with van der Waals surface area (Å²) in [7, 11) is 1.71. The molecule has 0 aromatic rings. The molecule has 0 bridgehead atoms. The van der Waals surface area contributed by atoms with Gasteiger partial charge in [0, 0.05) is 13.0 Å². The summed E-state index contributed by atoms with van der Waals surface area (Å²) in [6, 6.07) is 0. The molecule has 0 aliphatic carbocycles. The maximum Gasteiger partial charge on any atom is 0.185 e. The molecular formula is C13H22Br2O3. The van der Waals surface area contributed by atoms with E-state index in [1.165, 1.54) is 0 Å². The third kappa shape index (κ3) is 3.57. The van der Waals surface area contributed by atoms with E-state index in [0.717, 1.165) is 9.81 Å². The van der Waals surface area contributed by atoms with Crippen LogP contribution in [0.4, 0.5) is 0 Å². The van der Waals surface area contributed by atoms with E-state index in [0.29, 0.717) is 0 Å². The molecule has 1 saturated heterocycles. The highest BCUT2D eigenvalue weighted by Crippen LogP contribution is 2.43. The van der Waals surface area contributed by atoms with Crippen LogP contribution in [0.5, 0.6) is 0 Å². The number of rotatable bonds is 5. The topological polar surface area (TPSA) is 27.7 Å². The average molecular weight is 386 g/mol. The summed E-state index contributed by atoms with van der Waals surface area (Å²) >= 11 is 6.83. The number of ether oxygens (including phenoxy) is 3. The molecule has 1 heterocycles. The zero-order chi connectivity index (χ0) is 13.9. The predicted octanol–water partition coefficient (Wildman–Crippen LogP) is 4.20. The van der Waals surface area contributed by atoms with Crippen LogP contribution in [0.15, 0.2) is 9.47 Å². The fourth-order valence-corrected chi connectivity index (χ4v) is 3.23. The van der Waals surface area contributed by atoms with Crippen molar-refractivity contribution < 1.29 is 14.2 Å². The van der Waals surface area contributed by atoms with Crippen LogP contribution >= 0.6 is 31.9 Å². The van der Waals surface area contributed by atoms with Crippen molar-refractivity contribution in [2.45, 2.75) is 58.2 Å². The Labute approximate surface area is 126 Å². The summed E-state index contributed by atoms with van der Waals surface area (Å²) in [5.41, 5.74) is -0.359. The van der Waals surface area contributed by atoms with Gasteiger partial charge in [0.05, 0.1) is 15.1 Å². The fourth-order valence-electron chi connectivity index (χ4n) is 2.45. The van der Waals surface area contributed by atoms with Gasteiger partial charge < -0.3 is 14.2 Å². The third-order valence-electron chi connectivity index (χ3n) is 3.45. The van der Waals surface area contributed by atoms with Gasteiger partial charge in [-0.25, -0.2) is 0 Å². The van der Waals surface area contributed by atoms with E-state index >= 15 is 0 Å². The fraction of sp³-hybridized carbons (Fsp3) is 0.846. The minimum atomic E-state index is -0.359. The Morgan fingerprint density at radius 1 is 1.44 bits per heavy atom. The molecule has 5 heteroatoms. The minimum absolute atomic E-state index is 0.0528. The van der Waals surface area contributed by atoms with Crippen molar-refractivity contribution in [3.63, 3.8) is 0 Å². The van der Waals surface area contributed by atoms with Gasteiger partial charge in [-0.1, -0.05) is 13.8 Å². The van der Waals surface area contributed by atoms with Gasteiger partial charge in [0.15, 0.2) is 6.29 Å². The summed E-state index contributed by atoms with van der Waals surface area (Å²) in [4.78, 5) is 0. The van der Waals surface area contributed by atoms with Gasteiger partial charge in [0.2, 0.25) is 0 Å². The van der Waals surface area contributed by atoms with Crippen LogP contribution in [0.1, 0.15) is 34.1 Å². The molecule has 4 atom stereocenters. The first kappa shape index (κ1) is 16.6. The minimum Gasteiger partial charge on any atom is -0.376 e. The predicted molar refractivity (Wildman–Crippen MR) is 80.0 cm³/mol. The maximum absolute atomic E-state index is 6.15. The van der Waals surface area contributed by atoms with Gasteiger partial charge >= 0.3 is 0 Å². The SMILES string of the molecule is CCC1(C=C(Br)Br)OC(OC(C)C)[C@@H](OC)[C@H]1C. The zero-order valence-corrected chi connectivity index (χ0v) is 14.7. The van der Waals surface area contributed by atoms with Crippen LogP contribution in [0, 0.1) is 5.92 Å². The number of methoxy groups -OCH3 is 1. The van der Waals surface area contributed by atoms with E-state index in [4.69, 9.17) is 14.2 Å². The molecule has 1 rings (SSSR count). The molecule has 1 aliphatic rings. The summed E-state index contributed by atoms with van der Waals surface area (Å²) < 4.78 is 18.4. The van der Waals surface area contributed by atoms with Crippen molar-refractivity contribution in [2.75, 3.05) is 7.11 Å². The maximum atomic E-state index is 6.15. The highest BCUT2D eigenvalue weighted by Gasteiger charge is 2.51. The molecule has 0 amide bonds. The summed E-state index contributed by atoms with van der Waals surface area (Å²) in [5.74, 6) is 0.223. The van der Waals surface area contributed by atoms with Gasteiger partial charge in [-0.3, -0.25) is 0 Å². The van der Waals surface area contributed by atoms with Crippen molar-refractivity contribution in [1.82, 2.24) is 0 Å². The first-order valence-corrected chi connectivity index (χ1v) is 7.84. The highest BCUT2D eigenvalue weighted by molar-refractivity contribution is 9.28. The van der Waals surface area contributed by atoms with Gasteiger partial charge in [0.1, 0.15) is 6.10 Å². The summed E-state index contributed by atoms with van der Waals surface area (Å²) in [5, 5.41) is 0. The number of halogens is 2. The second-order valence-corrected chi connectivity index (χ2v) is 7.68. The Morgan fingerprint density at radius 3 is 2.44 bits per heavy atom. The lowest BCUT2D eigenvalue weighted by Crippen LogP contribution is -2.34. The smallest absolute Gasteiger partial charge is 0.185 e. The van der Waals surface area contributed by atoms with Crippen molar-refractivity contribution in [3.05, 3.63) is 9.47 Å². The molecule has 0 aromatic heterocycles. The molecule has 0 aromatic carbocycles. The van der Waals surface area contributed by atoms with E-state index < -0.39 is 0 Å². The lowest BCUT2D eigenvalue weighted by atomic mass is 9.85. The van der Waals surface area contributed by atoms with Gasteiger partial charge in [-0.15, -0.1) is 0 Å². The Kier molecular flexibility index (Phi) is 6.32. The normalized spacial score (nSPS) is 36.1. The van der Waals surface area contributed by atoms with Gasteiger partial charge in [-0.05, 0) is 58.2 Å². The van der Waals surface area contributed by atoms with Crippen LogP contribution in [0.3, 0.4) is 0 Å². The Balaban J connectivity index is 2.99. The van der Waals surface area contributed by atoms with Gasteiger partial charge in [-0.2, -0.15) is 0 Å². The molecule has 0 radical (unpaired) electrons. The Bertz CT molecular complexity index is 303. The average Bonchev–Trinajstić information content (AvgIpc) is 2.50. The van der Waals surface area contributed by atoms with E-state index in [1.54, 1.807) is 7.11 Å². The quantitative estimate of drug-likeness (QED) is 0.709. The van der Waals surface area contributed by atoms with Crippen molar-refractivity contribution in [1.29, 1.82) is 0 Å². The molecule has 0 saturated carbocycles. The third-order valence-corrected chi connectivity index (χ3v) is 3.91. The van der Waals surface area contributed by atoms with Crippen molar-refractivity contribution >= 4 is 31.9 Å². The van der Waals surface area contributed by atoms with E-state index in [1.807, 2.05) is 19.9 Å². The number of hydrogen-bond donors (Lipinski definition) is 0. The molecule has 3 nitrogen and oxygen atoms in total. The van der Waals surface area contributed by atoms with E-state index in [2.05, 4.69) is 45.7 Å². The van der Waals surface area contributed by atoms with Crippen LogP contribution in [-0.4, -0.2) is 31.2 Å².